The molecule has 0 spiro atoms. The van der Waals surface area contributed by atoms with Crippen LogP contribution in [0.1, 0.15) is 15.9 Å². The molecular weight excluding hydrogens is 291 g/mol. The van der Waals surface area contributed by atoms with Crippen molar-refractivity contribution >= 4 is 45.7 Å². The van der Waals surface area contributed by atoms with Crippen molar-refractivity contribution in [2.75, 3.05) is 0 Å². The number of benzene rings is 2. The zero-order chi connectivity index (χ0) is 13.9. The number of carbonyl (C=O) groups excluding carboxylic acids is 1. The Balaban J connectivity index is 0.00000200. The summed E-state index contributed by atoms with van der Waals surface area (Å²) >= 11 is 0. The van der Waals surface area contributed by atoms with E-state index in [9.17, 15) is 13.2 Å². The Morgan fingerprint density at radius 2 is 1.50 bits per heavy atom. The first kappa shape index (κ1) is 16.9. The van der Waals surface area contributed by atoms with Gasteiger partial charge in [0.1, 0.15) is 0 Å². The van der Waals surface area contributed by atoms with Gasteiger partial charge in [-0.15, -0.1) is 0 Å². The fraction of sp³-hybridized carbons (Fsp3) is 0. The molecule has 0 aliphatic rings. The number of ketones is 1. The first-order valence-corrected chi connectivity index (χ1v) is 6.69. The maximum atomic E-state index is 12.2. The molecule has 7 heteroatoms. The Morgan fingerprint density at radius 3 is 2.10 bits per heavy atom. The molecule has 0 radical (unpaired) electrons. The van der Waals surface area contributed by atoms with E-state index < -0.39 is 10.4 Å². The van der Waals surface area contributed by atoms with Gasteiger partial charge in [-0.3, -0.25) is 9.35 Å². The van der Waals surface area contributed by atoms with Gasteiger partial charge in [-0.25, -0.2) is 0 Å². The third-order valence-electron chi connectivity index (χ3n) is 2.36. The molecule has 2 rings (SSSR count). The van der Waals surface area contributed by atoms with Gasteiger partial charge in [0, 0.05) is 5.56 Å². The number of carbonyl (C=O) groups is 1. The van der Waals surface area contributed by atoms with Crippen molar-refractivity contribution in [2.24, 2.45) is 0 Å². The molecule has 0 saturated heterocycles. The molecular formula is C13H11NaO5S. The first-order valence-electron chi connectivity index (χ1n) is 5.33. The molecule has 100 valence electrons. The van der Waals surface area contributed by atoms with Crippen molar-refractivity contribution in [3.63, 3.8) is 0 Å². The number of hydrogen-bond donors (Lipinski definition) is 1. The second-order valence-corrected chi connectivity index (χ2v) is 4.72. The van der Waals surface area contributed by atoms with Crippen molar-refractivity contribution in [2.45, 2.75) is 0 Å². The Bertz CT molecular complexity index is 698. The summed E-state index contributed by atoms with van der Waals surface area (Å²) in [5.74, 6) is -0.598. The predicted octanol–water partition coefficient (Wildman–Crippen LogP) is 1.45. The first-order chi connectivity index (χ1) is 8.97. The average molecular weight is 302 g/mol. The fourth-order valence-electron chi connectivity index (χ4n) is 1.59. The van der Waals surface area contributed by atoms with Crippen LogP contribution in [-0.4, -0.2) is 48.3 Å². The molecule has 2 aromatic carbocycles. The van der Waals surface area contributed by atoms with E-state index in [1.807, 2.05) is 0 Å². The van der Waals surface area contributed by atoms with Crippen LogP contribution < -0.4 is 4.18 Å². The van der Waals surface area contributed by atoms with Crippen LogP contribution in [0.3, 0.4) is 0 Å². The minimum atomic E-state index is -4.67. The van der Waals surface area contributed by atoms with Gasteiger partial charge in [0.2, 0.25) is 0 Å². The van der Waals surface area contributed by atoms with Gasteiger partial charge in [-0.05, 0) is 12.1 Å². The number of rotatable bonds is 4. The molecule has 0 atom stereocenters. The molecule has 0 saturated carbocycles. The summed E-state index contributed by atoms with van der Waals surface area (Å²) in [6, 6.07) is 14.2. The molecule has 1 N–H and O–H groups in total. The molecule has 0 aliphatic heterocycles. The maximum absolute atomic E-state index is 12.2. The van der Waals surface area contributed by atoms with Crippen molar-refractivity contribution in [1.82, 2.24) is 0 Å². The predicted molar refractivity (Wildman–Crippen MR) is 75.6 cm³/mol. The van der Waals surface area contributed by atoms with Gasteiger partial charge in [0.15, 0.2) is 11.5 Å². The Labute approximate surface area is 138 Å². The molecule has 0 fully saturated rings. The fourth-order valence-corrected chi connectivity index (χ4v) is 1.96. The second kappa shape index (κ2) is 7.01. The number of hydrogen-bond acceptors (Lipinski definition) is 4. The van der Waals surface area contributed by atoms with Crippen molar-refractivity contribution in [3.05, 3.63) is 65.7 Å². The van der Waals surface area contributed by atoms with E-state index in [0.29, 0.717) is 5.56 Å². The van der Waals surface area contributed by atoms with Crippen LogP contribution in [0, 0.1) is 0 Å². The Hall–Kier alpha value is -1.18. The van der Waals surface area contributed by atoms with Gasteiger partial charge in [-0.1, -0.05) is 42.5 Å². The minimum absolute atomic E-state index is 0. The SMILES string of the molecule is O=C(c1ccccc1)c1ccccc1OS(=O)(=O)O.[NaH]. The van der Waals surface area contributed by atoms with E-state index in [1.54, 1.807) is 36.4 Å². The third-order valence-corrected chi connectivity index (χ3v) is 2.75. The van der Waals surface area contributed by atoms with E-state index in [0.717, 1.165) is 0 Å². The monoisotopic (exact) mass is 302 g/mol. The third kappa shape index (κ3) is 4.43. The standard InChI is InChI=1S/C13H10O5S.Na.H/c14-13(10-6-2-1-3-7-10)11-8-4-5-9-12(11)18-19(15,16)17;;/h1-9H,(H,15,16,17);;. The van der Waals surface area contributed by atoms with E-state index in [-0.39, 0.29) is 46.7 Å². The summed E-state index contributed by atoms with van der Waals surface area (Å²) in [7, 11) is -4.67. The zero-order valence-corrected chi connectivity index (χ0v) is 10.5. The zero-order valence-electron chi connectivity index (χ0n) is 9.68. The summed E-state index contributed by atoms with van der Waals surface area (Å²) < 4.78 is 34.5. The van der Waals surface area contributed by atoms with Gasteiger partial charge >= 0.3 is 40.0 Å². The molecule has 0 unspecified atom stereocenters. The van der Waals surface area contributed by atoms with E-state index in [4.69, 9.17) is 4.55 Å². The van der Waals surface area contributed by atoms with Crippen molar-refractivity contribution < 1.29 is 21.9 Å². The van der Waals surface area contributed by atoms with Gasteiger partial charge in [-0.2, -0.15) is 8.42 Å². The molecule has 2 aromatic rings. The quantitative estimate of drug-likeness (QED) is 0.525. The molecule has 0 aliphatic carbocycles. The molecule has 0 amide bonds. The molecule has 0 aromatic heterocycles. The summed E-state index contributed by atoms with van der Waals surface area (Å²) in [5.41, 5.74) is 0.459. The van der Waals surface area contributed by atoms with Crippen LogP contribution >= 0.6 is 0 Å². The molecule has 0 heterocycles. The van der Waals surface area contributed by atoms with Crippen LogP contribution in [0.2, 0.25) is 0 Å². The molecule has 5 nitrogen and oxygen atoms in total. The van der Waals surface area contributed by atoms with Crippen molar-refractivity contribution in [3.8, 4) is 5.75 Å². The molecule has 0 bridgehead atoms. The van der Waals surface area contributed by atoms with E-state index >= 15 is 0 Å². The summed E-state index contributed by atoms with van der Waals surface area (Å²) in [6.45, 7) is 0. The van der Waals surface area contributed by atoms with Crippen LogP contribution in [0.15, 0.2) is 54.6 Å². The summed E-state index contributed by atoms with van der Waals surface area (Å²) in [5, 5.41) is 0. The van der Waals surface area contributed by atoms with E-state index in [2.05, 4.69) is 4.18 Å². The summed E-state index contributed by atoms with van der Waals surface area (Å²) in [4.78, 5) is 12.2. The normalized spacial score (nSPS) is 10.4. The molecule has 20 heavy (non-hydrogen) atoms. The Morgan fingerprint density at radius 1 is 0.950 bits per heavy atom. The van der Waals surface area contributed by atoms with Gasteiger partial charge in [0.05, 0.1) is 5.56 Å². The second-order valence-electron chi connectivity index (χ2n) is 3.70. The Kier molecular flexibility index (Phi) is 5.91. The van der Waals surface area contributed by atoms with E-state index in [1.165, 1.54) is 18.2 Å². The van der Waals surface area contributed by atoms with Crippen LogP contribution in [0.5, 0.6) is 5.75 Å². The van der Waals surface area contributed by atoms with Crippen LogP contribution in [-0.2, 0) is 10.4 Å². The number of para-hydroxylation sites is 1. The van der Waals surface area contributed by atoms with Crippen LogP contribution in [0.4, 0.5) is 0 Å². The topological polar surface area (TPSA) is 80.7 Å². The van der Waals surface area contributed by atoms with Gasteiger partial charge < -0.3 is 4.18 Å². The summed E-state index contributed by atoms with van der Waals surface area (Å²) in [6.07, 6.45) is 0. The van der Waals surface area contributed by atoms with Crippen molar-refractivity contribution in [1.29, 1.82) is 0 Å². The van der Waals surface area contributed by atoms with Gasteiger partial charge in [0.25, 0.3) is 0 Å². The average Bonchev–Trinajstić information content (AvgIpc) is 2.38. The van der Waals surface area contributed by atoms with Crippen LogP contribution in [0.25, 0.3) is 0 Å².